The Morgan fingerprint density at radius 2 is 1.80 bits per heavy atom. The van der Waals surface area contributed by atoms with Crippen LogP contribution in [0.1, 0.15) is 17.3 Å². The van der Waals surface area contributed by atoms with Gasteiger partial charge in [0.15, 0.2) is 0 Å². The molecule has 4 N–H and O–H groups in total. The zero-order valence-corrected chi connectivity index (χ0v) is 16.6. The van der Waals surface area contributed by atoms with Gasteiger partial charge in [-0.1, -0.05) is 18.2 Å². The van der Waals surface area contributed by atoms with Gasteiger partial charge in [0, 0.05) is 30.6 Å². The molecule has 0 atom stereocenters. The van der Waals surface area contributed by atoms with Crippen molar-refractivity contribution in [2.75, 3.05) is 29.6 Å². The monoisotopic (exact) mass is 406 g/mol. The molecule has 0 radical (unpaired) electrons. The summed E-state index contributed by atoms with van der Waals surface area (Å²) in [6.45, 7) is 2.30. The number of carbonyl (C=O) groups is 2. The number of methoxy groups -OCH3 is 1. The Hall–Kier alpha value is -4.14. The summed E-state index contributed by atoms with van der Waals surface area (Å²) in [6, 6.07) is 12.3. The van der Waals surface area contributed by atoms with Gasteiger partial charge < -0.3 is 20.7 Å². The highest BCUT2D eigenvalue weighted by atomic mass is 16.5. The van der Waals surface area contributed by atoms with Gasteiger partial charge in [-0.2, -0.15) is 0 Å². The van der Waals surface area contributed by atoms with Gasteiger partial charge in [0.25, 0.3) is 5.91 Å². The van der Waals surface area contributed by atoms with Crippen LogP contribution >= 0.6 is 0 Å². The predicted molar refractivity (Wildman–Crippen MR) is 115 cm³/mol. The summed E-state index contributed by atoms with van der Waals surface area (Å²) >= 11 is 0. The topological polar surface area (TPSA) is 117 Å². The second kappa shape index (κ2) is 9.87. The molecule has 0 unspecified atom stereocenters. The zero-order chi connectivity index (χ0) is 21.3. The van der Waals surface area contributed by atoms with Gasteiger partial charge in [-0.25, -0.2) is 9.78 Å². The third-order valence-corrected chi connectivity index (χ3v) is 3.99. The van der Waals surface area contributed by atoms with Gasteiger partial charge in [-0.05, 0) is 19.1 Å². The van der Waals surface area contributed by atoms with Crippen molar-refractivity contribution < 1.29 is 14.3 Å². The van der Waals surface area contributed by atoms with Gasteiger partial charge in [0.1, 0.15) is 11.6 Å². The summed E-state index contributed by atoms with van der Waals surface area (Å²) in [4.78, 5) is 32.9. The maximum absolute atomic E-state index is 12.9. The van der Waals surface area contributed by atoms with E-state index in [1.807, 2.05) is 37.3 Å². The highest BCUT2D eigenvalue weighted by Crippen LogP contribution is 2.25. The molecule has 2 aromatic heterocycles. The number of hydrogen-bond donors (Lipinski definition) is 4. The molecule has 0 aliphatic rings. The molecule has 0 aliphatic heterocycles. The van der Waals surface area contributed by atoms with Crippen LogP contribution < -0.4 is 26.0 Å². The molecule has 0 bridgehead atoms. The zero-order valence-electron chi connectivity index (χ0n) is 16.6. The van der Waals surface area contributed by atoms with Crippen molar-refractivity contribution in [1.29, 1.82) is 0 Å². The quantitative estimate of drug-likeness (QED) is 0.476. The van der Waals surface area contributed by atoms with Gasteiger partial charge in [0.05, 0.1) is 36.4 Å². The number of ether oxygens (including phenoxy) is 1. The second-order valence-electron chi connectivity index (χ2n) is 6.16. The fourth-order valence-electron chi connectivity index (χ4n) is 2.60. The summed E-state index contributed by atoms with van der Waals surface area (Å²) in [6.07, 6.45) is 4.46. The van der Waals surface area contributed by atoms with E-state index < -0.39 is 0 Å². The van der Waals surface area contributed by atoms with E-state index in [0.717, 1.165) is 5.69 Å². The number of nitrogens with zero attached hydrogens (tertiary/aromatic N) is 2. The Morgan fingerprint density at radius 3 is 2.53 bits per heavy atom. The number of hydrogen-bond acceptors (Lipinski definition) is 6. The van der Waals surface area contributed by atoms with E-state index in [1.165, 1.54) is 19.5 Å². The van der Waals surface area contributed by atoms with E-state index >= 15 is 0 Å². The number of rotatable bonds is 7. The van der Waals surface area contributed by atoms with Gasteiger partial charge >= 0.3 is 6.03 Å². The minimum Gasteiger partial charge on any atom is -0.495 e. The molecule has 0 saturated carbocycles. The van der Waals surface area contributed by atoms with Crippen molar-refractivity contribution in [2.24, 2.45) is 0 Å². The minimum absolute atomic E-state index is 0.295. The first kappa shape index (κ1) is 20.6. The van der Waals surface area contributed by atoms with Crippen LogP contribution in [0, 0.1) is 0 Å². The van der Waals surface area contributed by atoms with E-state index in [4.69, 9.17) is 4.74 Å². The molecular formula is C21H22N6O3. The van der Waals surface area contributed by atoms with E-state index in [9.17, 15) is 9.59 Å². The van der Waals surface area contributed by atoms with Crippen LogP contribution in [0.5, 0.6) is 5.75 Å². The lowest BCUT2D eigenvalue weighted by atomic mass is 10.2. The largest absolute Gasteiger partial charge is 0.495 e. The first-order valence-electron chi connectivity index (χ1n) is 9.26. The molecule has 3 rings (SSSR count). The first-order chi connectivity index (χ1) is 14.6. The van der Waals surface area contributed by atoms with Crippen LogP contribution in [0.4, 0.5) is 27.7 Å². The fourth-order valence-corrected chi connectivity index (χ4v) is 2.60. The Labute approximate surface area is 173 Å². The lowest BCUT2D eigenvalue weighted by molar-refractivity contribution is 0.102. The molecule has 154 valence electrons. The van der Waals surface area contributed by atoms with E-state index in [1.54, 1.807) is 18.3 Å². The van der Waals surface area contributed by atoms with Crippen molar-refractivity contribution in [3.05, 3.63) is 66.6 Å². The third-order valence-electron chi connectivity index (χ3n) is 3.99. The molecular weight excluding hydrogens is 384 g/mol. The molecule has 9 nitrogen and oxygen atoms in total. The number of nitrogens with one attached hydrogen (secondary N) is 4. The van der Waals surface area contributed by atoms with E-state index in [-0.39, 0.29) is 11.9 Å². The summed E-state index contributed by atoms with van der Waals surface area (Å²) in [7, 11) is 1.52. The molecule has 1 aromatic carbocycles. The number of benzene rings is 1. The van der Waals surface area contributed by atoms with Gasteiger partial charge in [0.2, 0.25) is 0 Å². The molecule has 0 saturated heterocycles. The molecule has 0 aliphatic carbocycles. The minimum atomic E-state index is -0.388. The number of amides is 3. The fraction of sp³-hybridized carbons (Fsp3) is 0.143. The highest BCUT2D eigenvalue weighted by molar-refractivity contribution is 6.08. The molecule has 30 heavy (non-hydrogen) atoms. The average molecular weight is 406 g/mol. The Bertz CT molecular complexity index is 1030. The average Bonchev–Trinajstić information content (AvgIpc) is 2.75. The van der Waals surface area contributed by atoms with E-state index in [2.05, 4.69) is 31.2 Å². The second-order valence-corrected chi connectivity index (χ2v) is 6.16. The highest BCUT2D eigenvalue weighted by Gasteiger charge is 2.15. The first-order valence-corrected chi connectivity index (χ1v) is 9.26. The number of carbonyl (C=O) groups excluding carboxylic acids is 2. The third kappa shape index (κ3) is 5.44. The normalized spacial score (nSPS) is 10.1. The molecule has 3 aromatic rings. The van der Waals surface area contributed by atoms with Crippen LogP contribution in [0.2, 0.25) is 0 Å². The number of anilines is 4. The molecule has 9 heteroatoms. The summed E-state index contributed by atoms with van der Waals surface area (Å²) in [5.41, 5.74) is 2.04. The van der Waals surface area contributed by atoms with Crippen molar-refractivity contribution in [1.82, 2.24) is 15.3 Å². The Morgan fingerprint density at radius 1 is 1.00 bits per heavy atom. The standard InChI is InChI=1S/C21H22N6O3/c1-3-23-21(29)27-19-10-18(25-14-7-5-4-6-8-14)17(13-24-19)20(28)26-15-9-16(30-2)12-22-11-15/h4-13H,3H2,1-2H3,(H,26,28)(H3,23,24,25,27,29). The summed E-state index contributed by atoms with van der Waals surface area (Å²) in [5.74, 6) is 0.439. The molecule has 0 fully saturated rings. The van der Waals surface area contributed by atoms with Crippen molar-refractivity contribution >= 4 is 34.8 Å². The summed E-state index contributed by atoms with van der Waals surface area (Å²) in [5, 5.41) is 11.2. The lowest BCUT2D eigenvalue weighted by Crippen LogP contribution is -2.28. The van der Waals surface area contributed by atoms with Gasteiger partial charge in [-0.15, -0.1) is 0 Å². The SMILES string of the molecule is CCNC(=O)Nc1cc(Nc2ccccc2)c(C(=O)Nc2cncc(OC)c2)cn1. The van der Waals surface area contributed by atoms with Crippen LogP contribution in [0.15, 0.2) is 61.1 Å². The van der Waals surface area contributed by atoms with Gasteiger partial charge in [-0.3, -0.25) is 15.1 Å². The van der Waals surface area contributed by atoms with Crippen LogP contribution in [-0.4, -0.2) is 35.6 Å². The van der Waals surface area contributed by atoms with Crippen LogP contribution in [0.3, 0.4) is 0 Å². The number of pyridine rings is 2. The lowest BCUT2D eigenvalue weighted by Gasteiger charge is -2.14. The molecule has 2 heterocycles. The smallest absolute Gasteiger partial charge is 0.320 e. The number of urea groups is 1. The summed E-state index contributed by atoms with van der Waals surface area (Å²) < 4.78 is 5.13. The maximum atomic E-state index is 12.9. The van der Waals surface area contributed by atoms with Crippen molar-refractivity contribution in [2.45, 2.75) is 6.92 Å². The van der Waals surface area contributed by atoms with Crippen molar-refractivity contribution in [3.8, 4) is 5.75 Å². The Balaban J connectivity index is 1.88. The number of para-hydroxylation sites is 1. The maximum Gasteiger partial charge on any atom is 0.320 e. The number of aromatic nitrogens is 2. The van der Waals surface area contributed by atoms with Crippen LogP contribution in [0.25, 0.3) is 0 Å². The van der Waals surface area contributed by atoms with E-state index in [0.29, 0.717) is 35.1 Å². The Kier molecular flexibility index (Phi) is 6.78. The predicted octanol–water partition coefficient (Wildman–Crippen LogP) is 3.62. The van der Waals surface area contributed by atoms with Crippen molar-refractivity contribution in [3.63, 3.8) is 0 Å². The molecule has 3 amide bonds. The van der Waals surface area contributed by atoms with Crippen LogP contribution in [-0.2, 0) is 0 Å². The molecule has 0 spiro atoms.